The molecule has 3 rings (SSSR count). The SMILES string of the molecule is Cc1cc(SCC(=O)c2c(N)n(C)c(=O)[nH]c2=O)nc2c(C)cccc12. The zero-order valence-corrected chi connectivity index (χ0v) is 15.4. The number of para-hydroxylation sites is 1. The molecule has 1 aromatic carbocycles. The summed E-state index contributed by atoms with van der Waals surface area (Å²) in [5, 5.41) is 1.76. The highest BCUT2D eigenvalue weighted by Gasteiger charge is 2.18. The van der Waals surface area contributed by atoms with E-state index in [4.69, 9.17) is 5.73 Å². The Hall–Kier alpha value is -2.87. The van der Waals surface area contributed by atoms with Crippen LogP contribution in [0.15, 0.2) is 38.9 Å². The predicted octanol–water partition coefficient (Wildman–Crippen LogP) is 1.80. The van der Waals surface area contributed by atoms with E-state index in [0.29, 0.717) is 5.03 Å². The van der Waals surface area contributed by atoms with Gasteiger partial charge in [-0.3, -0.25) is 19.1 Å². The number of H-pyrrole nitrogens is 1. The summed E-state index contributed by atoms with van der Waals surface area (Å²) >= 11 is 1.23. The van der Waals surface area contributed by atoms with E-state index in [1.165, 1.54) is 18.8 Å². The molecule has 0 atom stereocenters. The molecular weight excluding hydrogens is 352 g/mol. The molecule has 7 nitrogen and oxygen atoms in total. The first-order chi connectivity index (χ1) is 12.3. The lowest BCUT2D eigenvalue weighted by Gasteiger charge is -2.09. The second-order valence-corrected chi connectivity index (χ2v) is 7.03. The Balaban J connectivity index is 1.91. The maximum Gasteiger partial charge on any atom is 0.329 e. The smallest absolute Gasteiger partial charge is 0.329 e. The number of carbonyl (C=O) groups is 1. The van der Waals surface area contributed by atoms with Crippen molar-refractivity contribution in [2.45, 2.75) is 18.9 Å². The molecule has 2 aromatic heterocycles. The van der Waals surface area contributed by atoms with Gasteiger partial charge in [-0.05, 0) is 31.0 Å². The van der Waals surface area contributed by atoms with Crippen LogP contribution >= 0.6 is 11.8 Å². The average Bonchev–Trinajstić information content (AvgIpc) is 2.59. The largest absolute Gasteiger partial charge is 0.384 e. The first-order valence-electron chi connectivity index (χ1n) is 7.91. The van der Waals surface area contributed by atoms with Crippen LogP contribution < -0.4 is 17.0 Å². The molecule has 0 bridgehead atoms. The molecule has 0 amide bonds. The molecule has 2 heterocycles. The van der Waals surface area contributed by atoms with Crippen molar-refractivity contribution in [2.75, 3.05) is 11.5 Å². The van der Waals surface area contributed by atoms with E-state index in [9.17, 15) is 14.4 Å². The van der Waals surface area contributed by atoms with Crippen LogP contribution in [0.1, 0.15) is 21.5 Å². The summed E-state index contributed by atoms with van der Waals surface area (Å²) in [5.41, 5.74) is 7.15. The highest BCUT2D eigenvalue weighted by Crippen LogP contribution is 2.26. The summed E-state index contributed by atoms with van der Waals surface area (Å²) in [6.07, 6.45) is 0. The minimum Gasteiger partial charge on any atom is -0.384 e. The minimum atomic E-state index is -0.769. The first kappa shape index (κ1) is 17.9. The average molecular weight is 370 g/mol. The van der Waals surface area contributed by atoms with Gasteiger partial charge in [-0.2, -0.15) is 0 Å². The Bertz CT molecular complexity index is 1150. The van der Waals surface area contributed by atoms with Gasteiger partial charge in [0.05, 0.1) is 16.3 Å². The van der Waals surface area contributed by atoms with Gasteiger partial charge < -0.3 is 5.73 Å². The summed E-state index contributed by atoms with van der Waals surface area (Å²) in [7, 11) is 1.40. The zero-order chi connectivity index (χ0) is 19.0. The second kappa shape index (κ2) is 6.80. The number of hydrogen-bond donors (Lipinski definition) is 2. The van der Waals surface area contributed by atoms with E-state index in [2.05, 4.69) is 9.97 Å². The fourth-order valence-corrected chi connectivity index (χ4v) is 3.56. The molecule has 0 saturated heterocycles. The lowest BCUT2D eigenvalue weighted by Crippen LogP contribution is -2.35. The molecule has 0 spiro atoms. The monoisotopic (exact) mass is 370 g/mol. The van der Waals surface area contributed by atoms with Gasteiger partial charge in [0, 0.05) is 12.4 Å². The molecule has 0 saturated carbocycles. The molecule has 0 unspecified atom stereocenters. The molecule has 3 N–H and O–H groups in total. The Morgan fingerprint density at radius 1 is 1.27 bits per heavy atom. The predicted molar refractivity (Wildman–Crippen MR) is 103 cm³/mol. The number of rotatable bonds is 4. The van der Waals surface area contributed by atoms with Crippen molar-refractivity contribution in [2.24, 2.45) is 7.05 Å². The number of aryl methyl sites for hydroxylation is 2. The van der Waals surface area contributed by atoms with Gasteiger partial charge >= 0.3 is 5.69 Å². The molecule has 0 aliphatic carbocycles. The third kappa shape index (κ3) is 3.15. The number of fused-ring (bicyclic) bond motifs is 1. The number of benzene rings is 1. The number of aromatic amines is 1. The molecular formula is C18H18N4O3S. The van der Waals surface area contributed by atoms with E-state index in [-0.39, 0.29) is 17.1 Å². The maximum absolute atomic E-state index is 12.5. The molecule has 0 fully saturated rings. The number of nitrogens with zero attached hydrogens (tertiary/aromatic N) is 2. The lowest BCUT2D eigenvalue weighted by atomic mass is 10.1. The quantitative estimate of drug-likeness (QED) is 0.535. The Kier molecular flexibility index (Phi) is 4.69. The van der Waals surface area contributed by atoms with Crippen molar-refractivity contribution in [3.05, 3.63) is 61.8 Å². The van der Waals surface area contributed by atoms with Crippen molar-refractivity contribution >= 4 is 34.3 Å². The number of thioether (sulfide) groups is 1. The third-order valence-electron chi connectivity index (χ3n) is 4.22. The highest BCUT2D eigenvalue weighted by atomic mass is 32.2. The van der Waals surface area contributed by atoms with E-state index in [1.54, 1.807) is 0 Å². The number of carbonyl (C=O) groups excluding carboxylic acids is 1. The van der Waals surface area contributed by atoms with Crippen LogP contribution in [-0.4, -0.2) is 26.1 Å². The summed E-state index contributed by atoms with van der Waals surface area (Å²) < 4.78 is 1.04. The molecule has 0 radical (unpaired) electrons. The number of anilines is 1. The topological polar surface area (TPSA) is 111 Å². The van der Waals surface area contributed by atoms with Gasteiger partial charge in [-0.25, -0.2) is 9.78 Å². The number of aromatic nitrogens is 3. The minimum absolute atomic E-state index is 0.00465. The summed E-state index contributed by atoms with van der Waals surface area (Å²) in [6, 6.07) is 7.89. The highest BCUT2D eigenvalue weighted by molar-refractivity contribution is 7.99. The molecule has 0 aliphatic rings. The Morgan fingerprint density at radius 3 is 2.73 bits per heavy atom. The normalized spacial score (nSPS) is 11.0. The standard InChI is InChI=1S/C18H18N4O3S/c1-9-5-4-6-11-10(2)7-13(20-15(9)11)26-8-12(23)14-16(19)22(3)18(25)21-17(14)24/h4-7H,8,19H2,1-3H3,(H,21,24,25). The molecule has 3 aromatic rings. The maximum atomic E-state index is 12.5. The number of ketones is 1. The van der Waals surface area contributed by atoms with E-state index >= 15 is 0 Å². The number of nitrogen functional groups attached to an aromatic ring is 1. The summed E-state index contributed by atoms with van der Waals surface area (Å²) in [6.45, 7) is 3.98. The Morgan fingerprint density at radius 2 is 2.00 bits per heavy atom. The fraction of sp³-hybridized carbons (Fsp3) is 0.222. The van der Waals surface area contributed by atoms with Gasteiger partial charge in [0.1, 0.15) is 11.4 Å². The van der Waals surface area contributed by atoms with E-state index in [0.717, 1.165) is 26.6 Å². The van der Waals surface area contributed by atoms with Crippen molar-refractivity contribution in [3.63, 3.8) is 0 Å². The van der Waals surface area contributed by atoms with Crippen LogP contribution in [-0.2, 0) is 7.05 Å². The van der Waals surface area contributed by atoms with E-state index < -0.39 is 17.0 Å². The Labute approximate surface area is 153 Å². The summed E-state index contributed by atoms with van der Waals surface area (Å²) in [4.78, 5) is 42.6. The number of hydrogen-bond acceptors (Lipinski definition) is 6. The van der Waals surface area contributed by atoms with Crippen molar-refractivity contribution in [1.82, 2.24) is 14.5 Å². The number of pyridine rings is 1. The number of nitrogens with two attached hydrogens (primary N) is 1. The van der Waals surface area contributed by atoms with Crippen LogP contribution in [0.25, 0.3) is 10.9 Å². The van der Waals surface area contributed by atoms with Crippen molar-refractivity contribution in [1.29, 1.82) is 0 Å². The number of Topliss-reactive ketones (excluding diaryl/α,β-unsaturated/α-hetero) is 1. The van der Waals surface area contributed by atoms with Crippen LogP contribution in [0, 0.1) is 13.8 Å². The lowest BCUT2D eigenvalue weighted by molar-refractivity contribution is 0.102. The van der Waals surface area contributed by atoms with Crippen molar-refractivity contribution < 1.29 is 4.79 Å². The van der Waals surface area contributed by atoms with Crippen LogP contribution in [0.5, 0.6) is 0 Å². The number of nitrogens with one attached hydrogen (secondary N) is 1. The van der Waals surface area contributed by atoms with Gasteiger partial charge in [0.2, 0.25) is 0 Å². The van der Waals surface area contributed by atoms with Crippen LogP contribution in [0.3, 0.4) is 0 Å². The second-order valence-electron chi connectivity index (χ2n) is 6.04. The molecule has 134 valence electrons. The first-order valence-corrected chi connectivity index (χ1v) is 8.90. The van der Waals surface area contributed by atoms with Gasteiger partial charge in [0.25, 0.3) is 5.56 Å². The zero-order valence-electron chi connectivity index (χ0n) is 14.6. The third-order valence-corrected chi connectivity index (χ3v) is 5.14. The van der Waals surface area contributed by atoms with Gasteiger partial charge in [0.15, 0.2) is 5.78 Å². The van der Waals surface area contributed by atoms with E-state index in [1.807, 2.05) is 38.1 Å². The fourth-order valence-electron chi connectivity index (χ4n) is 2.72. The van der Waals surface area contributed by atoms with Gasteiger partial charge in [-0.15, -0.1) is 0 Å². The molecule has 26 heavy (non-hydrogen) atoms. The molecule has 8 heteroatoms. The molecule has 0 aliphatic heterocycles. The van der Waals surface area contributed by atoms with Crippen molar-refractivity contribution in [3.8, 4) is 0 Å². The van der Waals surface area contributed by atoms with Crippen LogP contribution in [0.4, 0.5) is 5.82 Å². The summed E-state index contributed by atoms with van der Waals surface area (Å²) in [5.74, 6) is -0.591. The van der Waals surface area contributed by atoms with Crippen LogP contribution in [0.2, 0.25) is 0 Å². The van der Waals surface area contributed by atoms with Gasteiger partial charge in [-0.1, -0.05) is 30.0 Å².